The van der Waals surface area contributed by atoms with Gasteiger partial charge in [-0.25, -0.2) is 0 Å². The van der Waals surface area contributed by atoms with Crippen molar-refractivity contribution in [2.24, 2.45) is 5.73 Å². The molecule has 2 fully saturated rings. The molecule has 0 aromatic carbocycles. The zero-order chi connectivity index (χ0) is 12.4. The van der Waals surface area contributed by atoms with Gasteiger partial charge in [0.1, 0.15) is 0 Å². The van der Waals surface area contributed by atoms with Crippen molar-refractivity contribution in [3.05, 3.63) is 0 Å². The van der Waals surface area contributed by atoms with Crippen LogP contribution in [0.3, 0.4) is 0 Å². The highest BCUT2D eigenvalue weighted by molar-refractivity contribution is 4.88. The Labute approximate surface area is 106 Å². The molecule has 2 aliphatic rings. The fraction of sp³-hybridized carbons (Fsp3) is 1.00. The molecule has 0 amide bonds. The SMILES string of the molecule is CC(C)N1CCC(N(C)C2CCC(N)CC2)C1. The zero-order valence-corrected chi connectivity index (χ0v) is 11.7. The van der Waals surface area contributed by atoms with E-state index in [1.54, 1.807) is 0 Å². The molecule has 0 aromatic rings. The lowest BCUT2D eigenvalue weighted by Gasteiger charge is -2.37. The quantitative estimate of drug-likeness (QED) is 0.813. The number of hydrogen-bond donors (Lipinski definition) is 1. The summed E-state index contributed by atoms with van der Waals surface area (Å²) in [6, 6.07) is 2.73. The fourth-order valence-electron chi connectivity index (χ4n) is 3.38. The van der Waals surface area contributed by atoms with Gasteiger partial charge in [0.15, 0.2) is 0 Å². The third-order valence-corrected chi connectivity index (χ3v) is 4.82. The molecule has 1 atom stereocenters. The smallest absolute Gasteiger partial charge is 0.0235 e. The summed E-state index contributed by atoms with van der Waals surface area (Å²) in [5.41, 5.74) is 5.99. The van der Waals surface area contributed by atoms with E-state index in [-0.39, 0.29) is 0 Å². The Morgan fingerprint density at radius 3 is 2.24 bits per heavy atom. The van der Waals surface area contributed by atoms with E-state index in [1.807, 2.05) is 0 Å². The molecule has 3 nitrogen and oxygen atoms in total. The minimum Gasteiger partial charge on any atom is -0.328 e. The number of rotatable bonds is 3. The highest BCUT2D eigenvalue weighted by Crippen LogP contribution is 2.26. The third-order valence-electron chi connectivity index (χ3n) is 4.82. The van der Waals surface area contributed by atoms with Crippen LogP contribution < -0.4 is 5.73 Å². The standard InChI is InChI=1S/C14H29N3/c1-11(2)17-9-8-14(10-17)16(3)13-6-4-12(15)5-7-13/h11-14H,4-10,15H2,1-3H3. The van der Waals surface area contributed by atoms with Crippen molar-refractivity contribution in [3.8, 4) is 0 Å². The van der Waals surface area contributed by atoms with E-state index in [1.165, 1.54) is 45.2 Å². The van der Waals surface area contributed by atoms with Crippen molar-refractivity contribution in [2.45, 2.75) is 70.1 Å². The van der Waals surface area contributed by atoms with Crippen LogP contribution >= 0.6 is 0 Å². The average molecular weight is 239 g/mol. The van der Waals surface area contributed by atoms with Gasteiger partial charge in [0.25, 0.3) is 0 Å². The molecule has 17 heavy (non-hydrogen) atoms. The second-order valence-electron chi connectivity index (χ2n) is 6.27. The number of nitrogens with two attached hydrogens (primary N) is 1. The van der Waals surface area contributed by atoms with Crippen LogP contribution in [-0.4, -0.2) is 54.1 Å². The van der Waals surface area contributed by atoms with Gasteiger partial charge < -0.3 is 5.73 Å². The first-order valence-corrected chi connectivity index (χ1v) is 7.29. The van der Waals surface area contributed by atoms with Gasteiger partial charge >= 0.3 is 0 Å². The lowest BCUT2D eigenvalue weighted by atomic mass is 9.90. The monoisotopic (exact) mass is 239 g/mol. The molecule has 2 N–H and O–H groups in total. The van der Waals surface area contributed by atoms with E-state index >= 15 is 0 Å². The largest absolute Gasteiger partial charge is 0.328 e. The second kappa shape index (κ2) is 5.68. The Morgan fingerprint density at radius 1 is 1.06 bits per heavy atom. The first kappa shape index (κ1) is 13.3. The summed E-state index contributed by atoms with van der Waals surface area (Å²) in [6.07, 6.45) is 6.38. The minimum atomic E-state index is 0.468. The van der Waals surface area contributed by atoms with E-state index in [9.17, 15) is 0 Å². The van der Waals surface area contributed by atoms with Gasteiger partial charge in [0.2, 0.25) is 0 Å². The predicted octanol–water partition coefficient (Wildman–Crippen LogP) is 1.67. The molecule has 3 heteroatoms. The average Bonchev–Trinajstić information content (AvgIpc) is 2.78. The molecular weight excluding hydrogens is 210 g/mol. The Kier molecular flexibility index (Phi) is 4.45. The van der Waals surface area contributed by atoms with Crippen molar-refractivity contribution in [1.82, 2.24) is 9.80 Å². The van der Waals surface area contributed by atoms with Crippen LogP contribution in [-0.2, 0) is 0 Å². The maximum Gasteiger partial charge on any atom is 0.0235 e. The molecule has 1 aliphatic heterocycles. The maximum absolute atomic E-state index is 5.99. The molecule has 1 heterocycles. The number of hydrogen-bond acceptors (Lipinski definition) is 3. The van der Waals surface area contributed by atoms with E-state index in [0.717, 1.165) is 12.1 Å². The molecule has 1 saturated carbocycles. The van der Waals surface area contributed by atoms with Crippen LogP contribution in [0.15, 0.2) is 0 Å². The van der Waals surface area contributed by atoms with E-state index in [2.05, 4.69) is 30.7 Å². The molecule has 1 unspecified atom stereocenters. The van der Waals surface area contributed by atoms with Crippen molar-refractivity contribution in [3.63, 3.8) is 0 Å². The van der Waals surface area contributed by atoms with Crippen molar-refractivity contribution >= 4 is 0 Å². The summed E-state index contributed by atoms with van der Waals surface area (Å²) in [4.78, 5) is 5.25. The topological polar surface area (TPSA) is 32.5 Å². The maximum atomic E-state index is 5.99. The van der Waals surface area contributed by atoms with Crippen LogP contribution in [0.4, 0.5) is 0 Å². The second-order valence-corrected chi connectivity index (χ2v) is 6.27. The molecule has 2 rings (SSSR count). The van der Waals surface area contributed by atoms with Crippen LogP contribution in [0, 0.1) is 0 Å². The number of likely N-dealkylation sites (N-methyl/N-ethyl adjacent to an activating group) is 1. The van der Waals surface area contributed by atoms with E-state index < -0.39 is 0 Å². The van der Waals surface area contributed by atoms with Crippen LogP contribution in [0.5, 0.6) is 0 Å². The summed E-state index contributed by atoms with van der Waals surface area (Å²) in [7, 11) is 2.33. The molecule has 0 radical (unpaired) electrons. The lowest BCUT2D eigenvalue weighted by molar-refractivity contribution is 0.129. The number of likely N-dealkylation sites (tertiary alicyclic amines) is 1. The first-order valence-electron chi connectivity index (χ1n) is 7.29. The zero-order valence-electron chi connectivity index (χ0n) is 11.7. The van der Waals surface area contributed by atoms with Crippen molar-refractivity contribution < 1.29 is 0 Å². The Bertz CT molecular complexity index is 234. The Hall–Kier alpha value is -0.120. The molecule has 1 aliphatic carbocycles. The molecule has 100 valence electrons. The normalized spacial score (nSPS) is 36.0. The summed E-state index contributed by atoms with van der Waals surface area (Å²) in [5, 5.41) is 0. The molecule has 0 bridgehead atoms. The van der Waals surface area contributed by atoms with Crippen LogP contribution in [0.25, 0.3) is 0 Å². The Morgan fingerprint density at radius 2 is 1.71 bits per heavy atom. The van der Waals surface area contributed by atoms with Gasteiger partial charge in [-0.2, -0.15) is 0 Å². The van der Waals surface area contributed by atoms with Crippen molar-refractivity contribution in [2.75, 3.05) is 20.1 Å². The molecule has 1 saturated heterocycles. The summed E-state index contributed by atoms with van der Waals surface area (Å²) in [6.45, 7) is 7.15. The van der Waals surface area contributed by atoms with Crippen LogP contribution in [0.2, 0.25) is 0 Å². The third kappa shape index (κ3) is 3.21. The minimum absolute atomic E-state index is 0.468. The first-order chi connectivity index (χ1) is 8.08. The van der Waals surface area contributed by atoms with Gasteiger partial charge in [-0.05, 0) is 53.0 Å². The predicted molar refractivity (Wildman–Crippen MR) is 73.1 cm³/mol. The van der Waals surface area contributed by atoms with Crippen LogP contribution in [0.1, 0.15) is 46.0 Å². The summed E-state index contributed by atoms with van der Waals surface area (Å²) in [5.74, 6) is 0. The Balaban J connectivity index is 1.82. The molecule has 0 spiro atoms. The lowest BCUT2D eigenvalue weighted by Crippen LogP contribution is -2.45. The van der Waals surface area contributed by atoms with Gasteiger partial charge in [0.05, 0.1) is 0 Å². The summed E-state index contributed by atoms with van der Waals surface area (Å²) >= 11 is 0. The highest BCUT2D eigenvalue weighted by Gasteiger charge is 2.31. The van der Waals surface area contributed by atoms with E-state index in [4.69, 9.17) is 5.73 Å². The highest BCUT2D eigenvalue weighted by atomic mass is 15.3. The van der Waals surface area contributed by atoms with Gasteiger partial charge in [-0.15, -0.1) is 0 Å². The van der Waals surface area contributed by atoms with Gasteiger partial charge in [0, 0.05) is 37.3 Å². The van der Waals surface area contributed by atoms with Gasteiger partial charge in [-0.3, -0.25) is 9.80 Å². The van der Waals surface area contributed by atoms with Crippen molar-refractivity contribution in [1.29, 1.82) is 0 Å². The van der Waals surface area contributed by atoms with E-state index in [0.29, 0.717) is 12.1 Å². The fourth-order valence-corrected chi connectivity index (χ4v) is 3.38. The summed E-state index contributed by atoms with van der Waals surface area (Å²) < 4.78 is 0. The molecular formula is C14H29N3. The molecule has 0 aromatic heterocycles. The van der Waals surface area contributed by atoms with Gasteiger partial charge in [-0.1, -0.05) is 0 Å². The number of nitrogens with zero attached hydrogens (tertiary/aromatic N) is 2.